The molecule has 0 radical (unpaired) electrons. The van der Waals surface area contributed by atoms with E-state index in [0.717, 1.165) is 24.2 Å². The highest BCUT2D eigenvalue weighted by Crippen LogP contribution is 2.23. The van der Waals surface area contributed by atoms with Crippen molar-refractivity contribution in [3.63, 3.8) is 0 Å². The number of hydrogen-bond acceptors (Lipinski definition) is 2. The minimum absolute atomic E-state index is 0.252. The van der Waals surface area contributed by atoms with Gasteiger partial charge in [0.15, 0.2) is 0 Å². The lowest BCUT2D eigenvalue weighted by Gasteiger charge is -1.97. The number of rotatable bonds is 4. The lowest BCUT2D eigenvalue weighted by Crippen LogP contribution is -1.99. The Balaban J connectivity index is 2.18. The van der Waals surface area contributed by atoms with Crippen LogP contribution in [-0.2, 0) is 6.42 Å². The molecule has 3 heteroatoms. The topological polar surface area (TPSA) is 39.2 Å². The van der Waals surface area contributed by atoms with Crippen LogP contribution in [0.2, 0.25) is 0 Å². The van der Waals surface area contributed by atoms with Crippen LogP contribution in [0, 0.1) is 5.82 Å². The van der Waals surface area contributed by atoms with Gasteiger partial charge in [0, 0.05) is 12.0 Å². The highest BCUT2D eigenvalue weighted by molar-refractivity contribution is 5.57. The van der Waals surface area contributed by atoms with E-state index in [-0.39, 0.29) is 5.82 Å². The van der Waals surface area contributed by atoms with Gasteiger partial charge in [-0.05, 0) is 37.2 Å². The van der Waals surface area contributed by atoms with Crippen LogP contribution in [0.15, 0.2) is 40.8 Å². The van der Waals surface area contributed by atoms with E-state index in [1.54, 1.807) is 6.07 Å². The van der Waals surface area contributed by atoms with Crippen molar-refractivity contribution in [2.75, 3.05) is 6.54 Å². The lowest BCUT2D eigenvalue weighted by atomic mass is 10.2. The molecular weight excluding hydrogens is 205 g/mol. The average molecular weight is 219 g/mol. The molecule has 0 saturated heterocycles. The quantitative estimate of drug-likeness (QED) is 0.858. The molecule has 2 aromatic rings. The van der Waals surface area contributed by atoms with Crippen LogP contribution in [0.5, 0.6) is 0 Å². The first-order valence-corrected chi connectivity index (χ1v) is 5.34. The molecule has 0 aliphatic rings. The second-order valence-electron chi connectivity index (χ2n) is 3.67. The van der Waals surface area contributed by atoms with Gasteiger partial charge < -0.3 is 10.2 Å². The molecule has 0 aliphatic heterocycles. The van der Waals surface area contributed by atoms with E-state index in [0.29, 0.717) is 12.3 Å². The van der Waals surface area contributed by atoms with Gasteiger partial charge >= 0.3 is 0 Å². The van der Waals surface area contributed by atoms with Crippen molar-refractivity contribution in [1.82, 2.24) is 0 Å². The van der Waals surface area contributed by atoms with Crippen LogP contribution < -0.4 is 5.73 Å². The van der Waals surface area contributed by atoms with Gasteiger partial charge in [-0.1, -0.05) is 12.1 Å². The number of nitrogens with two attached hydrogens (primary N) is 1. The van der Waals surface area contributed by atoms with Crippen molar-refractivity contribution in [1.29, 1.82) is 0 Å². The third-order valence-corrected chi connectivity index (χ3v) is 2.40. The van der Waals surface area contributed by atoms with Gasteiger partial charge in [0.2, 0.25) is 0 Å². The van der Waals surface area contributed by atoms with E-state index in [9.17, 15) is 4.39 Å². The summed E-state index contributed by atoms with van der Waals surface area (Å²) in [7, 11) is 0. The highest BCUT2D eigenvalue weighted by atomic mass is 19.1. The molecule has 0 atom stereocenters. The fourth-order valence-electron chi connectivity index (χ4n) is 1.59. The number of aryl methyl sites for hydroxylation is 1. The summed E-state index contributed by atoms with van der Waals surface area (Å²) in [4.78, 5) is 0. The number of furan rings is 1. The van der Waals surface area contributed by atoms with Crippen LogP contribution >= 0.6 is 0 Å². The van der Waals surface area contributed by atoms with E-state index < -0.39 is 0 Å². The minimum Gasteiger partial charge on any atom is -0.461 e. The first-order chi connectivity index (χ1) is 7.79. The Hall–Kier alpha value is -1.61. The molecular formula is C13H14FNO. The molecule has 84 valence electrons. The summed E-state index contributed by atoms with van der Waals surface area (Å²) in [5, 5.41) is 0. The SMILES string of the molecule is NCCCc1ccc(-c2cccc(F)c2)o1. The largest absolute Gasteiger partial charge is 0.461 e. The van der Waals surface area contributed by atoms with E-state index >= 15 is 0 Å². The number of benzene rings is 1. The summed E-state index contributed by atoms with van der Waals surface area (Å²) in [6.45, 7) is 0.649. The molecule has 0 fully saturated rings. The molecule has 0 aliphatic carbocycles. The number of halogens is 1. The fraction of sp³-hybridized carbons (Fsp3) is 0.231. The molecule has 2 nitrogen and oxygen atoms in total. The predicted octanol–water partition coefficient (Wildman–Crippen LogP) is 2.98. The summed E-state index contributed by atoms with van der Waals surface area (Å²) in [6.07, 6.45) is 1.72. The first kappa shape index (κ1) is 10.9. The number of hydrogen-bond donors (Lipinski definition) is 1. The second kappa shape index (κ2) is 4.94. The molecule has 1 heterocycles. The molecule has 1 aromatic carbocycles. The van der Waals surface area contributed by atoms with Crippen molar-refractivity contribution < 1.29 is 8.81 Å². The summed E-state index contributed by atoms with van der Waals surface area (Å²) >= 11 is 0. The summed E-state index contributed by atoms with van der Waals surface area (Å²) < 4.78 is 18.6. The summed E-state index contributed by atoms with van der Waals surface area (Å²) in [5.74, 6) is 1.34. The van der Waals surface area contributed by atoms with E-state index in [1.165, 1.54) is 12.1 Å². The third kappa shape index (κ3) is 2.49. The van der Waals surface area contributed by atoms with Crippen LogP contribution in [0.4, 0.5) is 4.39 Å². The molecule has 0 spiro atoms. The zero-order valence-corrected chi connectivity index (χ0v) is 8.95. The van der Waals surface area contributed by atoms with Crippen LogP contribution in [0.25, 0.3) is 11.3 Å². The van der Waals surface area contributed by atoms with Crippen LogP contribution in [0.3, 0.4) is 0 Å². The Labute approximate surface area is 93.9 Å². The Morgan fingerprint density at radius 3 is 2.81 bits per heavy atom. The van der Waals surface area contributed by atoms with Crippen molar-refractivity contribution in [2.45, 2.75) is 12.8 Å². The first-order valence-electron chi connectivity index (χ1n) is 5.34. The van der Waals surface area contributed by atoms with E-state index in [2.05, 4.69) is 0 Å². The van der Waals surface area contributed by atoms with Gasteiger partial charge in [0.25, 0.3) is 0 Å². The fourth-order valence-corrected chi connectivity index (χ4v) is 1.59. The normalized spacial score (nSPS) is 10.6. The van der Waals surface area contributed by atoms with Crippen LogP contribution in [-0.4, -0.2) is 6.54 Å². The van der Waals surface area contributed by atoms with Crippen molar-refractivity contribution in [3.05, 3.63) is 48.0 Å². The van der Waals surface area contributed by atoms with Gasteiger partial charge in [0.05, 0.1) is 0 Å². The summed E-state index contributed by atoms with van der Waals surface area (Å²) in [6, 6.07) is 10.2. The van der Waals surface area contributed by atoms with Gasteiger partial charge in [-0.3, -0.25) is 0 Å². The Morgan fingerprint density at radius 1 is 1.19 bits per heavy atom. The Kier molecular flexibility index (Phi) is 3.37. The molecule has 1 aromatic heterocycles. The zero-order valence-electron chi connectivity index (χ0n) is 8.95. The minimum atomic E-state index is -0.252. The molecule has 0 saturated carbocycles. The molecule has 0 unspecified atom stereocenters. The van der Waals surface area contributed by atoms with Gasteiger partial charge in [0.1, 0.15) is 17.3 Å². The Bertz CT molecular complexity index is 464. The van der Waals surface area contributed by atoms with Gasteiger partial charge in [-0.25, -0.2) is 4.39 Å². The maximum atomic E-state index is 13.0. The van der Waals surface area contributed by atoms with Crippen LogP contribution in [0.1, 0.15) is 12.2 Å². The molecule has 0 amide bonds. The monoisotopic (exact) mass is 219 g/mol. The van der Waals surface area contributed by atoms with E-state index in [4.69, 9.17) is 10.2 Å². The summed E-state index contributed by atoms with van der Waals surface area (Å²) in [5.41, 5.74) is 6.19. The maximum absolute atomic E-state index is 13.0. The highest BCUT2D eigenvalue weighted by Gasteiger charge is 2.05. The Morgan fingerprint density at radius 2 is 2.06 bits per heavy atom. The molecule has 2 N–H and O–H groups in total. The lowest BCUT2D eigenvalue weighted by molar-refractivity contribution is 0.515. The van der Waals surface area contributed by atoms with Crippen molar-refractivity contribution in [2.24, 2.45) is 5.73 Å². The predicted molar refractivity (Wildman–Crippen MR) is 61.5 cm³/mol. The maximum Gasteiger partial charge on any atom is 0.134 e. The molecule has 16 heavy (non-hydrogen) atoms. The van der Waals surface area contributed by atoms with E-state index in [1.807, 2.05) is 18.2 Å². The van der Waals surface area contributed by atoms with Crippen molar-refractivity contribution >= 4 is 0 Å². The third-order valence-electron chi connectivity index (χ3n) is 2.40. The zero-order chi connectivity index (χ0) is 11.4. The second-order valence-corrected chi connectivity index (χ2v) is 3.67. The molecule has 2 rings (SSSR count). The standard InChI is InChI=1S/C13H14FNO/c14-11-4-1-3-10(9-11)13-7-6-12(16-13)5-2-8-15/h1,3-4,6-7,9H,2,5,8,15H2. The van der Waals surface area contributed by atoms with Gasteiger partial charge in [-0.2, -0.15) is 0 Å². The van der Waals surface area contributed by atoms with Crippen molar-refractivity contribution in [3.8, 4) is 11.3 Å². The molecule has 0 bridgehead atoms. The van der Waals surface area contributed by atoms with Gasteiger partial charge in [-0.15, -0.1) is 0 Å². The average Bonchev–Trinajstić information content (AvgIpc) is 2.75. The smallest absolute Gasteiger partial charge is 0.134 e.